The van der Waals surface area contributed by atoms with Crippen molar-refractivity contribution in [3.8, 4) is 17.2 Å². The van der Waals surface area contributed by atoms with E-state index < -0.39 is 0 Å². The third-order valence-corrected chi connectivity index (χ3v) is 7.35. The van der Waals surface area contributed by atoms with E-state index in [1.807, 2.05) is 35.2 Å². The summed E-state index contributed by atoms with van der Waals surface area (Å²) in [5, 5.41) is 3.13. The van der Waals surface area contributed by atoms with Gasteiger partial charge in [0.15, 0.2) is 11.5 Å². The molecule has 0 spiro atoms. The zero-order valence-corrected chi connectivity index (χ0v) is 22.1. The molecule has 196 valence electrons. The molecule has 0 atom stereocenters. The number of rotatable bonds is 8. The molecule has 2 aliphatic heterocycles. The van der Waals surface area contributed by atoms with Gasteiger partial charge in [-0.25, -0.2) is 4.79 Å². The summed E-state index contributed by atoms with van der Waals surface area (Å²) in [6.45, 7) is 8.44. The number of anilines is 2. The lowest BCUT2D eigenvalue weighted by Crippen LogP contribution is -2.50. The molecule has 2 aliphatic rings. The van der Waals surface area contributed by atoms with Gasteiger partial charge in [0.25, 0.3) is 0 Å². The van der Waals surface area contributed by atoms with E-state index in [2.05, 4.69) is 28.1 Å². The lowest BCUT2D eigenvalue weighted by Gasteiger charge is -2.36. The van der Waals surface area contributed by atoms with E-state index in [4.69, 9.17) is 14.2 Å². The average Bonchev–Trinajstić information content (AvgIpc) is 2.93. The number of hydrogen-bond acceptors (Lipinski definition) is 6. The summed E-state index contributed by atoms with van der Waals surface area (Å²) in [5.74, 6) is 2.78. The number of amides is 2. The first kappa shape index (κ1) is 25.9. The Hall–Kier alpha value is -3.13. The Bertz CT molecular complexity index is 1010. The van der Waals surface area contributed by atoms with Crippen molar-refractivity contribution in [1.29, 1.82) is 0 Å². The van der Waals surface area contributed by atoms with Gasteiger partial charge in [-0.2, -0.15) is 0 Å². The maximum atomic E-state index is 13.1. The van der Waals surface area contributed by atoms with Crippen LogP contribution in [-0.4, -0.2) is 83.0 Å². The molecule has 8 nitrogen and oxygen atoms in total. The number of carbonyl (C=O) groups is 1. The first-order valence-corrected chi connectivity index (χ1v) is 13.0. The quantitative estimate of drug-likeness (QED) is 0.574. The van der Waals surface area contributed by atoms with Crippen molar-refractivity contribution in [2.24, 2.45) is 0 Å². The zero-order chi connectivity index (χ0) is 25.5. The number of nitrogens with zero attached hydrogens (tertiary/aromatic N) is 3. The highest BCUT2D eigenvalue weighted by molar-refractivity contribution is 5.89. The summed E-state index contributed by atoms with van der Waals surface area (Å²) in [4.78, 5) is 19.8. The van der Waals surface area contributed by atoms with Gasteiger partial charge in [0.1, 0.15) is 5.75 Å². The van der Waals surface area contributed by atoms with Crippen molar-refractivity contribution in [3.05, 3.63) is 42.0 Å². The van der Waals surface area contributed by atoms with Crippen LogP contribution in [0, 0.1) is 0 Å². The van der Waals surface area contributed by atoms with Crippen LogP contribution in [0.3, 0.4) is 0 Å². The van der Waals surface area contributed by atoms with Gasteiger partial charge in [0.05, 0.1) is 21.3 Å². The third kappa shape index (κ3) is 5.98. The van der Waals surface area contributed by atoms with Crippen LogP contribution in [0.5, 0.6) is 17.2 Å². The van der Waals surface area contributed by atoms with E-state index >= 15 is 0 Å². The molecule has 0 bridgehead atoms. The van der Waals surface area contributed by atoms with Gasteiger partial charge >= 0.3 is 6.03 Å². The van der Waals surface area contributed by atoms with Gasteiger partial charge in [-0.15, -0.1) is 0 Å². The molecule has 2 aromatic rings. The van der Waals surface area contributed by atoms with Crippen molar-refractivity contribution in [2.45, 2.75) is 32.1 Å². The molecule has 2 aromatic carbocycles. The summed E-state index contributed by atoms with van der Waals surface area (Å²) in [7, 11) is 5.00. The Morgan fingerprint density at radius 1 is 0.861 bits per heavy atom. The number of carbonyl (C=O) groups excluding carboxylic acids is 1. The van der Waals surface area contributed by atoms with Crippen LogP contribution in [0.15, 0.2) is 36.4 Å². The Labute approximate surface area is 215 Å². The number of nitrogens with one attached hydrogen (secondary N) is 1. The summed E-state index contributed by atoms with van der Waals surface area (Å²) in [6.07, 6.45) is 3.43. The maximum absolute atomic E-state index is 13.1. The molecule has 0 aliphatic carbocycles. The van der Waals surface area contributed by atoms with Crippen LogP contribution >= 0.6 is 0 Å². The molecule has 1 N–H and O–H groups in total. The number of likely N-dealkylation sites (tertiary alicyclic amines) is 1. The fraction of sp³-hybridized carbons (Fsp3) is 0.536. The molecule has 0 radical (unpaired) electrons. The second kappa shape index (κ2) is 12.2. The molecule has 2 amide bonds. The summed E-state index contributed by atoms with van der Waals surface area (Å²) < 4.78 is 16.5. The number of hydrogen-bond donors (Lipinski definition) is 1. The Morgan fingerprint density at radius 3 is 2.17 bits per heavy atom. The Morgan fingerprint density at radius 2 is 1.53 bits per heavy atom. The fourth-order valence-electron chi connectivity index (χ4n) is 5.31. The van der Waals surface area contributed by atoms with Gasteiger partial charge < -0.3 is 34.2 Å². The van der Waals surface area contributed by atoms with Gasteiger partial charge in [-0.3, -0.25) is 0 Å². The summed E-state index contributed by atoms with van der Waals surface area (Å²) >= 11 is 0. The van der Waals surface area contributed by atoms with E-state index in [1.165, 1.54) is 18.5 Å². The van der Waals surface area contributed by atoms with Crippen molar-refractivity contribution < 1.29 is 19.0 Å². The molecule has 36 heavy (non-hydrogen) atoms. The van der Waals surface area contributed by atoms with Crippen LogP contribution in [0.1, 0.15) is 37.7 Å². The molecule has 0 unspecified atom stereocenters. The Balaban J connectivity index is 1.35. The summed E-state index contributed by atoms with van der Waals surface area (Å²) in [5.41, 5.74) is 3.09. The average molecular weight is 497 g/mol. The molecule has 8 heteroatoms. The molecule has 2 fully saturated rings. The van der Waals surface area contributed by atoms with Gasteiger partial charge in [-0.05, 0) is 80.7 Å². The van der Waals surface area contributed by atoms with Crippen molar-refractivity contribution >= 4 is 17.4 Å². The predicted molar refractivity (Wildman–Crippen MR) is 144 cm³/mol. The number of benzene rings is 2. The highest BCUT2D eigenvalue weighted by Gasteiger charge is 2.25. The van der Waals surface area contributed by atoms with E-state index in [1.54, 1.807) is 21.3 Å². The zero-order valence-electron chi connectivity index (χ0n) is 22.1. The first-order chi connectivity index (χ1) is 17.6. The van der Waals surface area contributed by atoms with Crippen LogP contribution in [0.25, 0.3) is 0 Å². The van der Waals surface area contributed by atoms with Gasteiger partial charge in [0.2, 0.25) is 0 Å². The van der Waals surface area contributed by atoms with E-state index in [0.29, 0.717) is 30.5 Å². The second-order valence-corrected chi connectivity index (χ2v) is 9.52. The minimum absolute atomic E-state index is 0.0594. The topological polar surface area (TPSA) is 66.5 Å². The molecular weight excluding hydrogens is 456 g/mol. The molecular formula is C28H40N4O4. The second-order valence-electron chi connectivity index (χ2n) is 9.52. The third-order valence-electron chi connectivity index (χ3n) is 7.35. The van der Waals surface area contributed by atoms with Crippen molar-refractivity contribution in [1.82, 2.24) is 9.80 Å². The standard InChI is InChI=1S/C28H40N4O4/c1-5-12-30-13-10-21(11-14-30)24-19-22(6-8-25(24)34-2)29-28(33)32-17-15-31(16-18-32)23-7-9-26(35-3)27(20-23)36-4/h6-9,19-21H,5,10-18H2,1-4H3,(H,29,33). The number of urea groups is 1. The largest absolute Gasteiger partial charge is 0.496 e. The smallest absolute Gasteiger partial charge is 0.321 e. The van der Waals surface area contributed by atoms with Crippen LogP contribution in [0.2, 0.25) is 0 Å². The molecule has 2 heterocycles. The number of ether oxygens (including phenoxy) is 3. The van der Waals surface area contributed by atoms with Crippen molar-refractivity contribution in [3.63, 3.8) is 0 Å². The number of piperidine rings is 1. The molecule has 0 saturated carbocycles. The van der Waals surface area contributed by atoms with E-state index in [0.717, 1.165) is 56.1 Å². The minimum atomic E-state index is -0.0594. The van der Waals surface area contributed by atoms with Gasteiger partial charge in [0, 0.05) is 43.6 Å². The number of methoxy groups -OCH3 is 3. The van der Waals surface area contributed by atoms with E-state index in [9.17, 15) is 4.79 Å². The first-order valence-electron chi connectivity index (χ1n) is 13.0. The highest BCUT2D eigenvalue weighted by Crippen LogP contribution is 2.36. The number of piperazine rings is 1. The molecule has 2 saturated heterocycles. The fourth-order valence-corrected chi connectivity index (χ4v) is 5.31. The van der Waals surface area contributed by atoms with Crippen LogP contribution < -0.4 is 24.4 Å². The van der Waals surface area contributed by atoms with Gasteiger partial charge in [-0.1, -0.05) is 6.92 Å². The van der Waals surface area contributed by atoms with Crippen LogP contribution in [-0.2, 0) is 0 Å². The Kier molecular flexibility index (Phi) is 8.80. The lowest BCUT2D eigenvalue weighted by atomic mass is 9.88. The maximum Gasteiger partial charge on any atom is 0.321 e. The minimum Gasteiger partial charge on any atom is -0.496 e. The lowest BCUT2D eigenvalue weighted by molar-refractivity contribution is 0.208. The van der Waals surface area contributed by atoms with E-state index in [-0.39, 0.29) is 6.03 Å². The SMILES string of the molecule is CCCN1CCC(c2cc(NC(=O)N3CCN(c4ccc(OC)c(OC)c4)CC3)ccc2OC)CC1. The monoisotopic (exact) mass is 496 g/mol. The normalized spacial score (nSPS) is 17.1. The predicted octanol–water partition coefficient (Wildman–Crippen LogP) is 4.66. The van der Waals surface area contributed by atoms with Crippen molar-refractivity contribution in [2.75, 3.05) is 77.4 Å². The summed E-state index contributed by atoms with van der Waals surface area (Å²) in [6, 6.07) is 11.9. The molecule has 4 rings (SSSR count). The molecule has 0 aromatic heterocycles. The highest BCUT2D eigenvalue weighted by atomic mass is 16.5. The van der Waals surface area contributed by atoms with Crippen LogP contribution in [0.4, 0.5) is 16.2 Å².